The number of fused-ring (bicyclic) bond motifs is 1. The van der Waals surface area contributed by atoms with E-state index in [1.807, 2.05) is 6.20 Å². The van der Waals surface area contributed by atoms with Crippen LogP contribution in [0.4, 0.5) is 11.5 Å². The fourth-order valence-electron chi connectivity index (χ4n) is 6.52. The summed E-state index contributed by atoms with van der Waals surface area (Å²) in [6.45, 7) is 10.3. The third-order valence-corrected chi connectivity index (χ3v) is 8.87. The van der Waals surface area contributed by atoms with E-state index in [2.05, 4.69) is 33.4 Å². The highest BCUT2D eigenvalue weighted by molar-refractivity contribution is 6.03. The largest absolute Gasteiger partial charge is 0.482 e. The quantitative estimate of drug-likeness (QED) is 0.689. The number of dihydropyridines is 1. The normalized spacial score (nSPS) is 30.4. The molecular weight excluding hydrogens is 440 g/mol. The molecule has 35 heavy (non-hydrogen) atoms. The van der Waals surface area contributed by atoms with Crippen LogP contribution in [0.1, 0.15) is 50.7 Å². The highest BCUT2D eigenvalue weighted by Gasteiger charge is 2.41. The van der Waals surface area contributed by atoms with Gasteiger partial charge in [-0.15, -0.1) is 0 Å². The molecule has 5 aliphatic heterocycles. The van der Waals surface area contributed by atoms with Crippen molar-refractivity contribution < 1.29 is 9.47 Å². The molecule has 1 aliphatic carbocycles. The molecular formula is C27H38N6O2. The summed E-state index contributed by atoms with van der Waals surface area (Å²) in [5.41, 5.74) is 4.81. The number of morpholine rings is 1. The SMILES string of the molecule is CC1OC2=C(CC(C3CCN(C4CNC4)CC3)N=C2C2CC2)Nc2nccc(N3CCOCC3)c21. The number of rotatable bonds is 4. The van der Waals surface area contributed by atoms with Crippen LogP contribution in [-0.4, -0.2) is 80.2 Å². The first-order chi connectivity index (χ1) is 17.2. The lowest BCUT2D eigenvalue weighted by molar-refractivity contribution is 0.0909. The molecule has 1 aromatic heterocycles. The lowest BCUT2D eigenvalue weighted by Crippen LogP contribution is -2.59. The van der Waals surface area contributed by atoms with Gasteiger partial charge in [-0.3, -0.25) is 9.89 Å². The van der Waals surface area contributed by atoms with E-state index in [4.69, 9.17) is 19.5 Å². The average Bonchev–Trinajstić information content (AvgIpc) is 3.71. The van der Waals surface area contributed by atoms with Crippen LogP contribution in [0.3, 0.4) is 0 Å². The molecule has 4 fully saturated rings. The first-order valence-electron chi connectivity index (χ1n) is 13.8. The Morgan fingerprint density at radius 2 is 1.83 bits per heavy atom. The predicted molar refractivity (Wildman–Crippen MR) is 137 cm³/mol. The molecule has 8 nitrogen and oxygen atoms in total. The number of likely N-dealkylation sites (tertiary alicyclic amines) is 1. The van der Waals surface area contributed by atoms with Crippen LogP contribution in [0, 0.1) is 11.8 Å². The zero-order valence-electron chi connectivity index (χ0n) is 20.8. The molecule has 7 rings (SSSR count). The second kappa shape index (κ2) is 9.05. The van der Waals surface area contributed by atoms with Crippen molar-refractivity contribution >= 4 is 17.2 Å². The van der Waals surface area contributed by atoms with E-state index in [-0.39, 0.29) is 6.10 Å². The average molecular weight is 479 g/mol. The molecule has 2 atom stereocenters. The molecule has 6 aliphatic rings. The summed E-state index contributed by atoms with van der Waals surface area (Å²) >= 11 is 0. The number of pyridine rings is 1. The minimum absolute atomic E-state index is 0.0728. The molecule has 0 aromatic carbocycles. The van der Waals surface area contributed by atoms with Gasteiger partial charge in [0.2, 0.25) is 0 Å². The van der Waals surface area contributed by atoms with Crippen molar-refractivity contribution in [2.24, 2.45) is 16.8 Å². The number of aromatic nitrogens is 1. The highest BCUT2D eigenvalue weighted by Crippen LogP contribution is 2.45. The number of anilines is 2. The molecule has 8 heteroatoms. The maximum Gasteiger partial charge on any atom is 0.160 e. The Bertz CT molecular complexity index is 1020. The van der Waals surface area contributed by atoms with Crippen LogP contribution in [0.15, 0.2) is 28.7 Å². The number of allylic oxidation sites excluding steroid dienone is 1. The van der Waals surface area contributed by atoms with E-state index < -0.39 is 0 Å². The van der Waals surface area contributed by atoms with Crippen LogP contribution in [0.2, 0.25) is 0 Å². The number of piperidine rings is 1. The lowest BCUT2D eigenvalue weighted by Gasteiger charge is -2.43. The Hall–Kier alpha value is -2.16. The third-order valence-electron chi connectivity index (χ3n) is 8.87. The molecule has 0 radical (unpaired) electrons. The van der Waals surface area contributed by atoms with E-state index >= 15 is 0 Å². The standard InChI is InChI=1S/C27H38N6O2/c1-17-24-23(33-10-12-34-13-11-33)4-7-29-27(24)31-22-14-21(30-25(19-2-3-19)26(22)35-17)18-5-8-32(9-6-18)20-15-28-16-20/h4,7,17-21,28H,2-3,5-6,8-16H2,1H3,(H,29,31). The number of hydrogen-bond donors (Lipinski definition) is 2. The van der Waals surface area contributed by atoms with Crippen molar-refractivity contribution in [3.63, 3.8) is 0 Å². The van der Waals surface area contributed by atoms with Gasteiger partial charge in [0.15, 0.2) is 5.76 Å². The Balaban J connectivity index is 1.15. The molecule has 0 spiro atoms. The van der Waals surface area contributed by atoms with E-state index in [9.17, 15) is 0 Å². The van der Waals surface area contributed by atoms with Crippen molar-refractivity contribution in [3.8, 4) is 0 Å². The van der Waals surface area contributed by atoms with Crippen molar-refractivity contribution in [2.75, 3.05) is 62.7 Å². The van der Waals surface area contributed by atoms with Crippen LogP contribution < -0.4 is 15.5 Å². The van der Waals surface area contributed by atoms with Gasteiger partial charge in [0.05, 0.1) is 36.2 Å². The van der Waals surface area contributed by atoms with Crippen LogP contribution in [0.25, 0.3) is 0 Å². The monoisotopic (exact) mass is 478 g/mol. The van der Waals surface area contributed by atoms with Gasteiger partial charge in [0.1, 0.15) is 11.9 Å². The smallest absolute Gasteiger partial charge is 0.160 e. The molecule has 0 amide bonds. The minimum Gasteiger partial charge on any atom is -0.482 e. The molecule has 0 bridgehead atoms. The zero-order valence-corrected chi connectivity index (χ0v) is 20.8. The molecule has 188 valence electrons. The van der Waals surface area contributed by atoms with Crippen molar-refractivity contribution in [1.82, 2.24) is 15.2 Å². The van der Waals surface area contributed by atoms with Gasteiger partial charge in [0.25, 0.3) is 0 Å². The summed E-state index contributed by atoms with van der Waals surface area (Å²) in [6.07, 6.45) is 7.76. The first kappa shape index (κ1) is 22.1. The summed E-state index contributed by atoms with van der Waals surface area (Å²) in [5, 5.41) is 7.21. The van der Waals surface area contributed by atoms with E-state index in [0.717, 1.165) is 69.0 Å². The molecule has 2 unspecified atom stereocenters. The Labute approximate surface area is 208 Å². The maximum atomic E-state index is 6.77. The van der Waals surface area contributed by atoms with Gasteiger partial charge in [-0.05, 0) is 57.7 Å². The minimum atomic E-state index is -0.0728. The van der Waals surface area contributed by atoms with Crippen molar-refractivity contribution in [3.05, 3.63) is 29.3 Å². The second-order valence-corrected chi connectivity index (χ2v) is 11.1. The van der Waals surface area contributed by atoms with Crippen LogP contribution in [0.5, 0.6) is 0 Å². The Kier molecular flexibility index (Phi) is 5.71. The highest BCUT2D eigenvalue weighted by atomic mass is 16.5. The number of nitrogens with one attached hydrogen (secondary N) is 2. The Morgan fingerprint density at radius 1 is 1.03 bits per heavy atom. The van der Waals surface area contributed by atoms with Crippen molar-refractivity contribution in [2.45, 2.75) is 57.2 Å². The van der Waals surface area contributed by atoms with E-state index in [0.29, 0.717) is 17.9 Å². The summed E-state index contributed by atoms with van der Waals surface area (Å²) in [4.78, 5) is 15.3. The summed E-state index contributed by atoms with van der Waals surface area (Å²) in [5.74, 6) is 3.18. The van der Waals surface area contributed by atoms with Gasteiger partial charge in [-0.1, -0.05) is 0 Å². The topological polar surface area (TPSA) is 74.2 Å². The maximum absolute atomic E-state index is 6.77. The first-order valence-corrected chi connectivity index (χ1v) is 13.8. The van der Waals surface area contributed by atoms with Gasteiger partial charge < -0.3 is 25.0 Å². The predicted octanol–water partition coefficient (Wildman–Crippen LogP) is 2.94. The van der Waals surface area contributed by atoms with Gasteiger partial charge in [-0.2, -0.15) is 0 Å². The lowest BCUT2D eigenvalue weighted by atomic mass is 9.84. The number of aliphatic imine (C=N–C) groups is 1. The summed E-state index contributed by atoms with van der Waals surface area (Å²) < 4.78 is 12.4. The molecule has 6 heterocycles. The van der Waals surface area contributed by atoms with Gasteiger partial charge in [-0.25, -0.2) is 4.98 Å². The fraction of sp³-hybridized carbons (Fsp3) is 0.704. The number of hydrogen-bond acceptors (Lipinski definition) is 8. The Morgan fingerprint density at radius 3 is 2.54 bits per heavy atom. The number of nitrogens with zero attached hydrogens (tertiary/aromatic N) is 4. The third kappa shape index (κ3) is 4.13. The molecule has 1 saturated carbocycles. The molecule has 3 saturated heterocycles. The van der Waals surface area contributed by atoms with Crippen molar-refractivity contribution in [1.29, 1.82) is 0 Å². The van der Waals surface area contributed by atoms with E-state index in [1.54, 1.807) is 0 Å². The van der Waals surface area contributed by atoms with Crippen LogP contribution in [-0.2, 0) is 9.47 Å². The number of ether oxygens (including phenoxy) is 2. The van der Waals surface area contributed by atoms with E-state index in [1.165, 1.54) is 55.9 Å². The van der Waals surface area contributed by atoms with Crippen LogP contribution >= 0.6 is 0 Å². The fourth-order valence-corrected chi connectivity index (χ4v) is 6.52. The molecule has 2 N–H and O–H groups in total. The summed E-state index contributed by atoms with van der Waals surface area (Å²) in [6, 6.07) is 3.24. The van der Waals surface area contributed by atoms with Gasteiger partial charge in [0, 0.05) is 56.4 Å². The summed E-state index contributed by atoms with van der Waals surface area (Å²) in [7, 11) is 0. The zero-order chi connectivity index (χ0) is 23.4. The van der Waals surface area contributed by atoms with Gasteiger partial charge >= 0.3 is 0 Å². The second-order valence-electron chi connectivity index (χ2n) is 11.1. The molecule has 1 aromatic rings.